The zero-order chi connectivity index (χ0) is 25.1. The van der Waals surface area contributed by atoms with Crippen LogP contribution in [-0.2, 0) is 12.8 Å². The van der Waals surface area contributed by atoms with E-state index >= 15 is 0 Å². The number of aryl methyl sites for hydroxylation is 2. The number of rotatable bonds is 6. The third-order valence-corrected chi connectivity index (χ3v) is 7.14. The summed E-state index contributed by atoms with van der Waals surface area (Å²) in [6, 6.07) is 16.5. The second-order valence-electron chi connectivity index (χ2n) is 9.28. The lowest BCUT2D eigenvalue weighted by molar-refractivity contribution is -0.385. The fraction of sp³-hybridized carbons (Fsp3) is 0.321. The first-order chi connectivity index (χ1) is 17.5. The van der Waals surface area contributed by atoms with Gasteiger partial charge in [-0.05, 0) is 66.6 Å². The van der Waals surface area contributed by atoms with Gasteiger partial charge in [-0.25, -0.2) is 0 Å². The van der Waals surface area contributed by atoms with Crippen molar-refractivity contribution < 1.29 is 14.8 Å². The maximum atomic E-state index is 11.2. The van der Waals surface area contributed by atoms with Crippen LogP contribution in [0, 0.1) is 10.1 Å². The predicted molar refractivity (Wildman–Crippen MR) is 139 cm³/mol. The van der Waals surface area contributed by atoms with Gasteiger partial charge in [-0.3, -0.25) is 20.0 Å². The van der Waals surface area contributed by atoms with Crippen LogP contribution in [0.3, 0.4) is 0 Å². The maximum absolute atomic E-state index is 11.2. The summed E-state index contributed by atoms with van der Waals surface area (Å²) >= 11 is 6.33. The molecule has 2 aliphatic rings. The number of hydrogen-bond acceptors (Lipinski definition) is 6. The molecule has 36 heavy (non-hydrogen) atoms. The molecule has 186 valence electrons. The Hall–Kier alpha value is -3.26. The summed E-state index contributed by atoms with van der Waals surface area (Å²) in [4.78, 5) is 17.7. The Kier molecular flexibility index (Phi) is 7.32. The highest BCUT2D eigenvalue weighted by Crippen LogP contribution is 2.38. The van der Waals surface area contributed by atoms with E-state index in [1.165, 1.54) is 33.9 Å². The number of β-amino-alcohol motifs (C(OH)–C–C–N with tert-alkyl or cyclic N) is 1. The molecule has 3 aromatic rings. The van der Waals surface area contributed by atoms with Gasteiger partial charge in [0.15, 0.2) is 5.75 Å². The van der Waals surface area contributed by atoms with Crippen LogP contribution >= 0.6 is 11.6 Å². The molecule has 0 bridgehead atoms. The SMILES string of the molecule is O=[N+]([O-])c1ccccc1OCC(O)CN1CCC(=C2c3ccc(Cl)cc3CCc3cccnc32)CC1. The molecule has 2 aromatic carbocycles. The van der Waals surface area contributed by atoms with Crippen LogP contribution in [0.4, 0.5) is 5.69 Å². The van der Waals surface area contributed by atoms with Gasteiger partial charge in [0.2, 0.25) is 0 Å². The molecule has 5 rings (SSSR count). The van der Waals surface area contributed by atoms with E-state index in [1.54, 1.807) is 18.2 Å². The molecule has 1 atom stereocenters. The lowest BCUT2D eigenvalue weighted by Gasteiger charge is -2.31. The van der Waals surface area contributed by atoms with Crippen LogP contribution in [0.1, 0.15) is 35.2 Å². The molecule has 1 aliphatic carbocycles. The normalized spacial score (nSPS) is 16.6. The van der Waals surface area contributed by atoms with Gasteiger partial charge < -0.3 is 9.84 Å². The molecular formula is C28H28ClN3O4. The molecule has 0 radical (unpaired) electrons. The fourth-order valence-electron chi connectivity index (χ4n) is 5.16. The fourth-order valence-corrected chi connectivity index (χ4v) is 5.35. The van der Waals surface area contributed by atoms with E-state index in [0.29, 0.717) is 6.54 Å². The minimum Gasteiger partial charge on any atom is -0.484 e. The molecular weight excluding hydrogens is 478 g/mol. The highest BCUT2D eigenvalue weighted by molar-refractivity contribution is 6.30. The van der Waals surface area contributed by atoms with Crippen LogP contribution in [0.15, 0.2) is 66.4 Å². The lowest BCUT2D eigenvalue weighted by atomic mass is 9.88. The molecule has 1 saturated heterocycles. The molecule has 1 N–H and O–H groups in total. The standard InChI is InChI=1S/C28H28ClN3O4/c29-22-9-10-24-21(16-22)8-7-20-4-3-13-30-28(20)27(24)19-11-14-31(15-12-19)17-23(33)18-36-26-6-2-1-5-25(26)32(34)35/h1-6,9-10,13,16,23,33H,7-8,11-12,14-15,17-18H2. The molecule has 0 amide bonds. The van der Waals surface area contributed by atoms with Crippen molar-refractivity contribution in [1.29, 1.82) is 0 Å². The van der Waals surface area contributed by atoms with Crippen LogP contribution in [-0.4, -0.2) is 52.3 Å². The van der Waals surface area contributed by atoms with Gasteiger partial charge in [0.05, 0.1) is 10.6 Å². The number of fused-ring (bicyclic) bond motifs is 2. The van der Waals surface area contributed by atoms with Crippen molar-refractivity contribution >= 4 is 22.9 Å². The summed E-state index contributed by atoms with van der Waals surface area (Å²) in [6.07, 6.45) is 4.75. The van der Waals surface area contributed by atoms with Gasteiger partial charge in [-0.2, -0.15) is 0 Å². The van der Waals surface area contributed by atoms with Gasteiger partial charge in [0.1, 0.15) is 12.7 Å². The van der Waals surface area contributed by atoms with E-state index in [-0.39, 0.29) is 18.0 Å². The molecule has 1 aromatic heterocycles. The average Bonchev–Trinajstić information content (AvgIpc) is 3.05. The first-order valence-corrected chi connectivity index (χ1v) is 12.6. The number of nitro groups is 1. The number of piperidine rings is 1. The summed E-state index contributed by atoms with van der Waals surface area (Å²) in [6.45, 7) is 2.07. The predicted octanol–water partition coefficient (Wildman–Crippen LogP) is 5.08. The Labute approximate surface area is 215 Å². The molecule has 7 nitrogen and oxygen atoms in total. The number of aliphatic hydroxyl groups is 1. The smallest absolute Gasteiger partial charge is 0.310 e. The number of para-hydroxylation sites is 2. The lowest BCUT2D eigenvalue weighted by Crippen LogP contribution is -2.39. The zero-order valence-corrected chi connectivity index (χ0v) is 20.7. The number of pyridine rings is 1. The van der Waals surface area contributed by atoms with Crippen molar-refractivity contribution in [3.05, 3.63) is 104 Å². The molecule has 2 heterocycles. The van der Waals surface area contributed by atoms with E-state index in [0.717, 1.165) is 49.5 Å². The molecule has 1 fully saturated rings. The Morgan fingerprint density at radius 3 is 2.64 bits per heavy atom. The Morgan fingerprint density at radius 2 is 1.83 bits per heavy atom. The maximum Gasteiger partial charge on any atom is 0.310 e. The summed E-state index contributed by atoms with van der Waals surface area (Å²) in [5.41, 5.74) is 7.32. The highest BCUT2D eigenvalue weighted by atomic mass is 35.5. The van der Waals surface area contributed by atoms with E-state index in [2.05, 4.69) is 23.1 Å². The number of aromatic nitrogens is 1. The summed E-state index contributed by atoms with van der Waals surface area (Å²) < 4.78 is 5.57. The van der Waals surface area contributed by atoms with E-state index in [9.17, 15) is 15.2 Å². The number of likely N-dealkylation sites (tertiary alicyclic amines) is 1. The molecule has 1 aliphatic heterocycles. The Bertz CT molecular complexity index is 1300. The minimum absolute atomic E-state index is 0.000724. The van der Waals surface area contributed by atoms with Gasteiger partial charge >= 0.3 is 5.69 Å². The number of hydrogen-bond donors (Lipinski definition) is 1. The monoisotopic (exact) mass is 505 g/mol. The van der Waals surface area contributed by atoms with Gasteiger partial charge in [-0.1, -0.05) is 41.4 Å². The van der Waals surface area contributed by atoms with Crippen LogP contribution in [0.2, 0.25) is 5.02 Å². The number of nitro benzene ring substituents is 1. The number of aliphatic hydroxyl groups excluding tert-OH is 1. The van der Waals surface area contributed by atoms with Crippen LogP contribution < -0.4 is 4.74 Å². The van der Waals surface area contributed by atoms with Crippen molar-refractivity contribution in [3.8, 4) is 5.75 Å². The minimum atomic E-state index is -0.748. The van der Waals surface area contributed by atoms with Gasteiger partial charge in [0.25, 0.3) is 0 Å². The quantitative estimate of drug-likeness (QED) is 0.371. The molecule has 1 unspecified atom stereocenters. The third-order valence-electron chi connectivity index (χ3n) is 6.90. The molecule has 8 heteroatoms. The van der Waals surface area contributed by atoms with E-state index in [4.69, 9.17) is 21.3 Å². The highest BCUT2D eigenvalue weighted by Gasteiger charge is 2.26. The van der Waals surface area contributed by atoms with Crippen LogP contribution in [0.25, 0.3) is 5.57 Å². The average molecular weight is 506 g/mol. The van der Waals surface area contributed by atoms with Gasteiger partial charge in [-0.15, -0.1) is 0 Å². The number of halogens is 1. The molecule has 0 spiro atoms. The van der Waals surface area contributed by atoms with E-state index in [1.807, 2.05) is 18.3 Å². The van der Waals surface area contributed by atoms with E-state index < -0.39 is 11.0 Å². The zero-order valence-electron chi connectivity index (χ0n) is 19.9. The second-order valence-corrected chi connectivity index (χ2v) is 9.72. The van der Waals surface area contributed by atoms with Gasteiger partial charge in [0, 0.05) is 42.5 Å². The topological polar surface area (TPSA) is 88.7 Å². The summed E-state index contributed by atoms with van der Waals surface area (Å²) in [5.74, 6) is 0.172. The number of ether oxygens (including phenoxy) is 1. The summed E-state index contributed by atoms with van der Waals surface area (Å²) in [5, 5.41) is 22.5. The van der Waals surface area contributed by atoms with Crippen LogP contribution in [0.5, 0.6) is 5.75 Å². The van der Waals surface area contributed by atoms with Crippen molar-refractivity contribution in [2.45, 2.75) is 31.8 Å². The largest absolute Gasteiger partial charge is 0.484 e. The van der Waals surface area contributed by atoms with Crippen molar-refractivity contribution in [1.82, 2.24) is 9.88 Å². The number of nitrogens with zero attached hydrogens (tertiary/aromatic N) is 3. The summed E-state index contributed by atoms with van der Waals surface area (Å²) in [7, 11) is 0. The second kappa shape index (κ2) is 10.8. The van der Waals surface area contributed by atoms with Crippen molar-refractivity contribution in [3.63, 3.8) is 0 Å². The molecule has 0 saturated carbocycles. The Balaban J connectivity index is 1.29. The first kappa shape index (κ1) is 24.4. The Morgan fingerprint density at radius 1 is 1.06 bits per heavy atom. The van der Waals surface area contributed by atoms with Crippen molar-refractivity contribution in [2.75, 3.05) is 26.2 Å². The third kappa shape index (κ3) is 5.28. The van der Waals surface area contributed by atoms with Crippen molar-refractivity contribution in [2.24, 2.45) is 0 Å². The number of benzene rings is 2. The first-order valence-electron chi connectivity index (χ1n) is 12.2.